The van der Waals surface area contributed by atoms with Gasteiger partial charge in [0.05, 0.1) is 25.8 Å². The minimum Gasteiger partial charge on any atom is -0.493 e. The van der Waals surface area contributed by atoms with Gasteiger partial charge in [-0.2, -0.15) is 0 Å². The monoisotopic (exact) mass is 492 g/mol. The first-order chi connectivity index (χ1) is 17.4. The molecule has 188 valence electrons. The molecular formula is C27H28N2O7. The molecule has 0 saturated heterocycles. The van der Waals surface area contributed by atoms with Crippen LogP contribution in [0.4, 0.5) is 0 Å². The third kappa shape index (κ3) is 5.73. The summed E-state index contributed by atoms with van der Waals surface area (Å²) >= 11 is 0. The highest BCUT2D eigenvalue weighted by Crippen LogP contribution is 2.28. The number of carboxylic acids is 1. The topological polar surface area (TPSA) is 119 Å². The molecule has 2 heterocycles. The van der Waals surface area contributed by atoms with Crippen molar-refractivity contribution in [1.82, 2.24) is 9.88 Å². The number of hydrogen-bond donors (Lipinski definition) is 1. The molecule has 9 nitrogen and oxygen atoms in total. The van der Waals surface area contributed by atoms with Crippen LogP contribution in [0, 0.1) is 6.92 Å². The number of methoxy groups -OCH3 is 1. The summed E-state index contributed by atoms with van der Waals surface area (Å²) in [4.78, 5) is 41.8. The summed E-state index contributed by atoms with van der Waals surface area (Å²) in [7, 11) is 1.25. The number of aromatic nitrogens is 1. The fourth-order valence-corrected chi connectivity index (χ4v) is 4.22. The number of rotatable bonds is 9. The number of carbonyl (C=O) groups excluding carboxylic acids is 2. The van der Waals surface area contributed by atoms with Crippen molar-refractivity contribution in [3.63, 3.8) is 0 Å². The third-order valence-electron chi connectivity index (χ3n) is 6.20. The number of fused-ring (bicyclic) bond motifs is 1. The number of aryl methyl sites for hydroxylation is 1. The van der Waals surface area contributed by atoms with Crippen LogP contribution in [0.2, 0.25) is 0 Å². The molecule has 0 spiro atoms. The van der Waals surface area contributed by atoms with Gasteiger partial charge >= 0.3 is 11.9 Å². The van der Waals surface area contributed by atoms with E-state index in [-0.39, 0.29) is 25.8 Å². The lowest BCUT2D eigenvalue weighted by atomic mass is 9.93. The zero-order valence-corrected chi connectivity index (χ0v) is 20.2. The first-order valence-corrected chi connectivity index (χ1v) is 11.7. The average Bonchev–Trinajstić information content (AvgIpc) is 3.26. The van der Waals surface area contributed by atoms with E-state index in [0.717, 1.165) is 28.1 Å². The second kappa shape index (κ2) is 11.1. The van der Waals surface area contributed by atoms with E-state index in [0.29, 0.717) is 24.7 Å². The number of esters is 1. The zero-order valence-electron chi connectivity index (χ0n) is 20.2. The van der Waals surface area contributed by atoms with Gasteiger partial charge in [-0.3, -0.25) is 9.59 Å². The predicted octanol–water partition coefficient (Wildman–Crippen LogP) is 3.56. The highest BCUT2D eigenvalue weighted by Gasteiger charge is 2.34. The molecule has 1 aromatic heterocycles. The summed E-state index contributed by atoms with van der Waals surface area (Å²) in [6, 6.07) is 14.2. The minimum absolute atomic E-state index is 0.0956. The number of aliphatic carboxylic acids is 1. The van der Waals surface area contributed by atoms with Crippen LogP contribution in [-0.2, 0) is 38.5 Å². The van der Waals surface area contributed by atoms with Crippen LogP contribution in [0.5, 0.6) is 5.75 Å². The van der Waals surface area contributed by atoms with Gasteiger partial charge in [-0.1, -0.05) is 24.3 Å². The smallest absolute Gasteiger partial charge is 0.326 e. The number of amides is 1. The van der Waals surface area contributed by atoms with Crippen LogP contribution in [0.3, 0.4) is 0 Å². The van der Waals surface area contributed by atoms with E-state index in [9.17, 15) is 19.5 Å². The summed E-state index contributed by atoms with van der Waals surface area (Å²) in [5.74, 6) is -0.0632. The van der Waals surface area contributed by atoms with Crippen LogP contribution in [-0.4, -0.2) is 52.6 Å². The van der Waals surface area contributed by atoms with Crippen LogP contribution >= 0.6 is 0 Å². The van der Waals surface area contributed by atoms with Gasteiger partial charge in [0.2, 0.25) is 11.8 Å². The lowest BCUT2D eigenvalue weighted by Gasteiger charge is -2.34. The molecule has 0 unspecified atom stereocenters. The van der Waals surface area contributed by atoms with Gasteiger partial charge in [0.1, 0.15) is 17.6 Å². The molecule has 1 atom stereocenters. The number of carbonyl (C=O) groups is 3. The van der Waals surface area contributed by atoms with Crippen molar-refractivity contribution < 1.29 is 33.4 Å². The maximum absolute atomic E-state index is 12.7. The lowest BCUT2D eigenvalue weighted by Crippen LogP contribution is -2.48. The molecule has 0 radical (unpaired) electrons. The second-order valence-electron chi connectivity index (χ2n) is 8.57. The largest absolute Gasteiger partial charge is 0.493 e. The SMILES string of the molecule is COC(=O)CCC(=O)N1Cc2cc(OCCc3nc(-c4ccccc4)oc3C)ccc2C[C@H]1C(=O)O. The van der Waals surface area contributed by atoms with E-state index in [4.69, 9.17) is 9.15 Å². The molecule has 0 saturated carbocycles. The van der Waals surface area contributed by atoms with Crippen LogP contribution in [0.25, 0.3) is 11.5 Å². The zero-order chi connectivity index (χ0) is 25.7. The molecule has 1 N–H and O–H groups in total. The van der Waals surface area contributed by atoms with Gasteiger partial charge < -0.3 is 23.9 Å². The molecule has 36 heavy (non-hydrogen) atoms. The van der Waals surface area contributed by atoms with E-state index in [1.807, 2.05) is 49.4 Å². The van der Waals surface area contributed by atoms with Crippen LogP contribution < -0.4 is 4.74 Å². The fraction of sp³-hybridized carbons (Fsp3) is 0.333. The molecule has 2 aromatic carbocycles. The molecule has 1 amide bonds. The Morgan fingerprint density at radius 2 is 1.89 bits per heavy atom. The molecule has 0 fully saturated rings. The van der Waals surface area contributed by atoms with Crippen LogP contribution in [0.15, 0.2) is 52.9 Å². The Hall–Kier alpha value is -4.14. The van der Waals surface area contributed by atoms with Gasteiger partial charge in [0.25, 0.3) is 0 Å². The molecule has 0 bridgehead atoms. The lowest BCUT2D eigenvalue weighted by molar-refractivity contribution is -0.152. The number of oxazole rings is 1. The highest BCUT2D eigenvalue weighted by atomic mass is 16.5. The van der Waals surface area contributed by atoms with E-state index < -0.39 is 23.9 Å². The molecular weight excluding hydrogens is 464 g/mol. The average molecular weight is 493 g/mol. The summed E-state index contributed by atoms with van der Waals surface area (Å²) < 4.78 is 16.3. The number of nitrogens with zero attached hydrogens (tertiary/aromatic N) is 2. The number of hydrogen-bond acceptors (Lipinski definition) is 7. The summed E-state index contributed by atoms with van der Waals surface area (Å²) in [5, 5.41) is 9.66. The quantitative estimate of drug-likeness (QED) is 0.451. The maximum atomic E-state index is 12.7. The number of carboxylic acid groups (broad SMARTS) is 1. The normalized spacial score (nSPS) is 14.7. The first kappa shape index (κ1) is 25.0. The molecule has 1 aliphatic rings. The first-order valence-electron chi connectivity index (χ1n) is 11.7. The summed E-state index contributed by atoms with van der Waals surface area (Å²) in [5.41, 5.74) is 3.40. The van der Waals surface area contributed by atoms with Crippen molar-refractivity contribution in [2.24, 2.45) is 0 Å². The van der Waals surface area contributed by atoms with E-state index in [1.165, 1.54) is 12.0 Å². The van der Waals surface area contributed by atoms with Crippen molar-refractivity contribution in [2.75, 3.05) is 13.7 Å². The van der Waals surface area contributed by atoms with Gasteiger partial charge in [-0.15, -0.1) is 0 Å². The Balaban J connectivity index is 1.40. The van der Waals surface area contributed by atoms with Crippen molar-refractivity contribution in [3.8, 4) is 17.2 Å². The Bertz CT molecular complexity index is 1250. The van der Waals surface area contributed by atoms with Gasteiger partial charge in [0.15, 0.2) is 0 Å². The van der Waals surface area contributed by atoms with Crippen molar-refractivity contribution in [1.29, 1.82) is 0 Å². The van der Waals surface area contributed by atoms with Crippen molar-refractivity contribution >= 4 is 17.8 Å². The molecule has 1 aliphatic heterocycles. The fourth-order valence-electron chi connectivity index (χ4n) is 4.22. The Kier molecular flexibility index (Phi) is 7.68. The Morgan fingerprint density at radius 3 is 2.61 bits per heavy atom. The minimum atomic E-state index is -1.08. The molecule has 0 aliphatic carbocycles. The van der Waals surface area contributed by atoms with E-state index in [1.54, 1.807) is 6.07 Å². The van der Waals surface area contributed by atoms with Crippen molar-refractivity contribution in [2.45, 2.75) is 45.2 Å². The Labute approximate surface area is 208 Å². The number of benzene rings is 2. The second-order valence-corrected chi connectivity index (χ2v) is 8.57. The summed E-state index contributed by atoms with van der Waals surface area (Å²) in [6.45, 7) is 2.38. The molecule has 3 aromatic rings. The van der Waals surface area contributed by atoms with E-state index in [2.05, 4.69) is 9.72 Å². The van der Waals surface area contributed by atoms with Gasteiger partial charge in [-0.05, 0) is 42.3 Å². The number of ether oxygens (including phenoxy) is 2. The Morgan fingerprint density at radius 1 is 1.11 bits per heavy atom. The summed E-state index contributed by atoms with van der Waals surface area (Å²) in [6.07, 6.45) is 0.541. The molecule has 9 heteroatoms. The highest BCUT2D eigenvalue weighted by molar-refractivity contribution is 5.86. The van der Waals surface area contributed by atoms with E-state index >= 15 is 0 Å². The predicted molar refractivity (Wildman–Crippen MR) is 129 cm³/mol. The van der Waals surface area contributed by atoms with Gasteiger partial charge in [0, 0.05) is 31.4 Å². The standard InChI is InChI=1S/C27H28N2O7/c1-17-22(28-26(36-17)18-6-4-3-5-7-18)12-13-35-21-9-8-19-15-23(27(32)33)29(16-20(19)14-21)24(30)10-11-25(31)34-2/h3-9,14,23H,10-13,15-16H2,1-2H3,(H,32,33)/t23-/m0/s1. The van der Waals surface area contributed by atoms with Gasteiger partial charge in [-0.25, -0.2) is 9.78 Å². The third-order valence-corrected chi connectivity index (χ3v) is 6.20. The maximum Gasteiger partial charge on any atom is 0.326 e. The van der Waals surface area contributed by atoms with Crippen molar-refractivity contribution in [3.05, 3.63) is 71.1 Å². The molecule has 4 rings (SSSR count). The van der Waals surface area contributed by atoms with Crippen LogP contribution in [0.1, 0.15) is 35.4 Å².